The van der Waals surface area contributed by atoms with Crippen LogP contribution < -0.4 is 11.1 Å². The minimum absolute atomic E-state index is 0.320. The molecule has 92 valence electrons. The number of hydrogen-bond donors (Lipinski definition) is 2. The van der Waals surface area contributed by atoms with E-state index in [2.05, 4.69) is 24.3 Å². The number of rotatable bonds is 4. The first-order valence-corrected chi connectivity index (χ1v) is 5.68. The molecule has 2 heterocycles. The maximum absolute atomic E-state index is 6.07. The van der Waals surface area contributed by atoms with Crippen LogP contribution in [-0.2, 0) is 13.6 Å². The predicted octanol–water partition coefficient (Wildman–Crippen LogP) is 2.33. The Morgan fingerprint density at radius 3 is 2.82 bits per heavy atom. The molecule has 5 heteroatoms. The lowest BCUT2D eigenvalue weighted by Crippen LogP contribution is -2.05. The summed E-state index contributed by atoms with van der Waals surface area (Å²) in [6, 6.07) is 3.78. The van der Waals surface area contributed by atoms with Gasteiger partial charge in [0.05, 0.1) is 24.2 Å². The van der Waals surface area contributed by atoms with Crippen molar-refractivity contribution in [1.82, 2.24) is 9.78 Å². The van der Waals surface area contributed by atoms with Crippen LogP contribution in [0, 0.1) is 0 Å². The van der Waals surface area contributed by atoms with Crippen molar-refractivity contribution < 1.29 is 4.42 Å². The molecule has 5 nitrogen and oxygen atoms in total. The van der Waals surface area contributed by atoms with Crippen molar-refractivity contribution in [1.29, 1.82) is 0 Å². The van der Waals surface area contributed by atoms with Crippen molar-refractivity contribution in [2.24, 2.45) is 7.05 Å². The van der Waals surface area contributed by atoms with Gasteiger partial charge in [0.15, 0.2) is 0 Å². The Balaban J connectivity index is 2.15. The van der Waals surface area contributed by atoms with Gasteiger partial charge in [0, 0.05) is 7.05 Å². The number of aryl methyl sites for hydroxylation is 1. The SMILES string of the molecule is CC(C)c1nn(C)c(NCc2ccco2)c1N. The highest BCUT2D eigenvalue weighted by Gasteiger charge is 2.15. The molecular formula is C12H18N4O. The number of nitrogens with two attached hydrogens (primary N) is 1. The summed E-state index contributed by atoms with van der Waals surface area (Å²) in [5.41, 5.74) is 7.71. The second-order valence-electron chi connectivity index (χ2n) is 4.36. The Morgan fingerprint density at radius 1 is 1.53 bits per heavy atom. The summed E-state index contributed by atoms with van der Waals surface area (Å²) in [6.45, 7) is 4.76. The highest BCUT2D eigenvalue weighted by atomic mass is 16.3. The first-order valence-electron chi connectivity index (χ1n) is 5.68. The third-order valence-corrected chi connectivity index (χ3v) is 2.67. The van der Waals surface area contributed by atoms with Gasteiger partial charge in [0.1, 0.15) is 11.6 Å². The number of hydrogen-bond acceptors (Lipinski definition) is 4. The molecule has 0 aromatic carbocycles. The highest BCUT2D eigenvalue weighted by Crippen LogP contribution is 2.27. The second-order valence-corrected chi connectivity index (χ2v) is 4.36. The topological polar surface area (TPSA) is 69.0 Å². The monoisotopic (exact) mass is 234 g/mol. The summed E-state index contributed by atoms with van der Waals surface area (Å²) in [4.78, 5) is 0. The molecular weight excluding hydrogens is 216 g/mol. The van der Waals surface area contributed by atoms with Crippen LogP contribution >= 0.6 is 0 Å². The number of nitrogen functional groups attached to an aromatic ring is 1. The van der Waals surface area contributed by atoms with Crippen LogP contribution in [0.2, 0.25) is 0 Å². The Kier molecular flexibility index (Phi) is 3.08. The van der Waals surface area contributed by atoms with E-state index in [0.717, 1.165) is 17.3 Å². The molecule has 0 aliphatic rings. The Labute approximate surface area is 101 Å². The van der Waals surface area contributed by atoms with Gasteiger partial charge in [0.2, 0.25) is 0 Å². The van der Waals surface area contributed by atoms with Crippen LogP contribution in [-0.4, -0.2) is 9.78 Å². The molecule has 0 spiro atoms. The molecule has 0 aliphatic carbocycles. The molecule has 0 atom stereocenters. The minimum atomic E-state index is 0.320. The van der Waals surface area contributed by atoms with E-state index in [0.29, 0.717) is 18.2 Å². The summed E-state index contributed by atoms with van der Waals surface area (Å²) in [7, 11) is 1.88. The Bertz CT molecular complexity index is 485. The average molecular weight is 234 g/mol. The standard InChI is InChI=1S/C12H18N4O/c1-8(2)11-10(13)12(16(3)15-11)14-7-9-5-4-6-17-9/h4-6,8,14H,7,13H2,1-3H3. The fraction of sp³-hybridized carbons (Fsp3) is 0.417. The minimum Gasteiger partial charge on any atom is -0.467 e. The van der Waals surface area contributed by atoms with Gasteiger partial charge in [-0.05, 0) is 18.1 Å². The van der Waals surface area contributed by atoms with Crippen LogP contribution in [0.4, 0.5) is 11.5 Å². The van der Waals surface area contributed by atoms with Gasteiger partial charge in [-0.1, -0.05) is 13.8 Å². The number of nitrogens with one attached hydrogen (secondary N) is 1. The van der Waals surface area contributed by atoms with Gasteiger partial charge in [-0.3, -0.25) is 4.68 Å². The summed E-state index contributed by atoms with van der Waals surface area (Å²) < 4.78 is 7.03. The van der Waals surface area contributed by atoms with E-state index in [1.165, 1.54) is 0 Å². The molecule has 2 aromatic rings. The molecule has 0 saturated carbocycles. The highest BCUT2D eigenvalue weighted by molar-refractivity contribution is 5.65. The van der Waals surface area contributed by atoms with Gasteiger partial charge in [-0.25, -0.2) is 0 Å². The van der Waals surface area contributed by atoms with Crippen LogP contribution in [0.15, 0.2) is 22.8 Å². The van der Waals surface area contributed by atoms with Crippen LogP contribution in [0.5, 0.6) is 0 Å². The lowest BCUT2D eigenvalue weighted by Gasteiger charge is -2.06. The Hall–Kier alpha value is -1.91. The molecule has 0 saturated heterocycles. The van der Waals surface area contributed by atoms with Crippen LogP contribution in [0.1, 0.15) is 31.2 Å². The van der Waals surface area contributed by atoms with Gasteiger partial charge in [0.25, 0.3) is 0 Å². The van der Waals surface area contributed by atoms with Crippen LogP contribution in [0.25, 0.3) is 0 Å². The first-order chi connectivity index (χ1) is 8.09. The molecule has 0 bridgehead atoms. The fourth-order valence-corrected chi connectivity index (χ4v) is 1.78. The smallest absolute Gasteiger partial charge is 0.148 e. The molecule has 17 heavy (non-hydrogen) atoms. The fourth-order valence-electron chi connectivity index (χ4n) is 1.78. The molecule has 0 aliphatic heterocycles. The predicted molar refractivity (Wildman–Crippen MR) is 67.7 cm³/mol. The summed E-state index contributed by atoms with van der Waals surface area (Å²) in [6.07, 6.45) is 1.66. The quantitative estimate of drug-likeness (QED) is 0.851. The number of anilines is 2. The van der Waals surface area contributed by atoms with Crippen molar-refractivity contribution in [3.8, 4) is 0 Å². The summed E-state index contributed by atoms with van der Waals surface area (Å²) >= 11 is 0. The molecule has 0 fully saturated rings. The number of aromatic nitrogens is 2. The van der Waals surface area contributed by atoms with Crippen molar-refractivity contribution in [2.75, 3.05) is 11.1 Å². The van der Waals surface area contributed by atoms with Crippen molar-refractivity contribution in [3.05, 3.63) is 29.9 Å². The van der Waals surface area contributed by atoms with E-state index >= 15 is 0 Å². The van der Waals surface area contributed by atoms with Gasteiger partial charge in [-0.15, -0.1) is 0 Å². The maximum Gasteiger partial charge on any atom is 0.148 e. The van der Waals surface area contributed by atoms with Gasteiger partial charge < -0.3 is 15.5 Å². The zero-order chi connectivity index (χ0) is 12.4. The lowest BCUT2D eigenvalue weighted by molar-refractivity contribution is 0.517. The van der Waals surface area contributed by atoms with E-state index in [1.54, 1.807) is 10.9 Å². The van der Waals surface area contributed by atoms with Crippen molar-refractivity contribution >= 4 is 11.5 Å². The third kappa shape index (κ3) is 2.27. The van der Waals surface area contributed by atoms with E-state index < -0.39 is 0 Å². The molecule has 2 aromatic heterocycles. The Morgan fingerprint density at radius 2 is 2.29 bits per heavy atom. The van der Waals surface area contributed by atoms with E-state index in [1.807, 2.05) is 19.2 Å². The molecule has 0 unspecified atom stereocenters. The molecule has 0 amide bonds. The first kappa shape index (κ1) is 11.6. The zero-order valence-corrected chi connectivity index (χ0v) is 10.4. The zero-order valence-electron chi connectivity index (χ0n) is 10.4. The third-order valence-electron chi connectivity index (χ3n) is 2.67. The van der Waals surface area contributed by atoms with Crippen molar-refractivity contribution in [3.63, 3.8) is 0 Å². The largest absolute Gasteiger partial charge is 0.467 e. The average Bonchev–Trinajstić information content (AvgIpc) is 2.86. The normalized spacial score (nSPS) is 11.1. The lowest BCUT2D eigenvalue weighted by atomic mass is 10.1. The summed E-state index contributed by atoms with van der Waals surface area (Å²) in [5.74, 6) is 2.03. The molecule has 3 N–H and O–H groups in total. The van der Waals surface area contributed by atoms with Gasteiger partial charge in [-0.2, -0.15) is 5.10 Å². The van der Waals surface area contributed by atoms with E-state index in [9.17, 15) is 0 Å². The second kappa shape index (κ2) is 4.53. The number of nitrogens with zero attached hydrogens (tertiary/aromatic N) is 2. The van der Waals surface area contributed by atoms with Crippen LogP contribution in [0.3, 0.4) is 0 Å². The van der Waals surface area contributed by atoms with Crippen molar-refractivity contribution in [2.45, 2.75) is 26.3 Å². The van der Waals surface area contributed by atoms with E-state index in [-0.39, 0.29) is 0 Å². The maximum atomic E-state index is 6.07. The van der Waals surface area contributed by atoms with E-state index in [4.69, 9.17) is 10.2 Å². The molecule has 0 radical (unpaired) electrons. The van der Waals surface area contributed by atoms with Gasteiger partial charge >= 0.3 is 0 Å². The molecule has 2 rings (SSSR count). The summed E-state index contributed by atoms with van der Waals surface area (Å²) in [5, 5.41) is 7.65. The number of furan rings is 1.